The highest BCUT2D eigenvalue weighted by molar-refractivity contribution is 5.92. The first-order valence-electron chi connectivity index (χ1n) is 10.8. The van der Waals surface area contributed by atoms with Crippen LogP contribution in [0.1, 0.15) is 44.9 Å². The Bertz CT molecular complexity index is 1180. The standard InChI is InChI=1S/C27H31N2O2/c1-18(2)28-16-15-23(22-9-7-8-10-25(22)28)27(31-6)26-13-11-20-17-21(30-5)12-14-24(20)29(26)19(3)4/h7-19H,1-6H3/q+1. The van der Waals surface area contributed by atoms with Crippen molar-refractivity contribution in [2.75, 3.05) is 19.1 Å². The molecule has 4 rings (SSSR count). The number of para-hydroxylation sites is 1. The summed E-state index contributed by atoms with van der Waals surface area (Å²) < 4.78 is 13.8. The molecule has 2 heterocycles. The summed E-state index contributed by atoms with van der Waals surface area (Å²) in [5.41, 5.74) is 5.65. The number of methoxy groups -OCH3 is 2. The second kappa shape index (κ2) is 8.46. The fraction of sp³-hybridized carbons (Fsp3) is 0.296. The summed E-state index contributed by atoms with van der Waals surface area (Å²) in [6.07, 6.45) is 6.45. The van der Waals surface area contributed by atoms with Crippen LogP contribution in [0.25, 0.3) is 22.7 Å². The van der Waals surface area contributed by atoms with Crippen LogP contribution in [0.4, 0.5) is 5.69 Å². The van der Waals surface area contributed by atoms with E-state index in [4.69, 9.17) is 9.47 Å². The third-order valence-electron chi connectivity index (χ3n) is 5.80. The minimum atomic E-state index is 0.257. The van der Waals surface area contributed by atoms with Crippen LogP contribution in [0, 0.1) is 0 Å². The molecule has 4 heteroatoms. The first-order chi connectivity index (χ1) is 15.0. The van der Waals surface area contributed by atoms with Crippen molar-refractivity contribution in [1.29, 1.82) is 0 Å². The third kappa shape index (κ3) is 3.67. The molecule has 0 spiro atoms. The molecule has 31 heavy (non-hydrogen) atoms. The lowest BCUT2D eigenvalue weighted by Gasteiger charge is -2.35. The van der Waals surface area contributed by atoms with Gasteiger partial charge in [0.1, 0.15) is 5.75 Å². The number of ether oxygens (including phenoxy) is 2. The van der Waals surface area contributed by atoms with Gasteiger partial charge in [0, 0.05) is 35.0 Å². The summed E-state index contributed by atoms with van der Waals surface area (Å²) in [4.78, 5) is 2.34. The highest BCUT2D eigenvalue weighted by atomic mass is 16.5. The van der Waals surface area contributed by atoms with Crippen LogP contribution in [0.15, 0.2) is 66.5 Å². The number of aromatic nitrogens is 1. The number of anilines is 1. The Hall–Kier alpha value is -3.27. The van der Waals surface area contributed by atoms with Gasteiger partial charge in [0.2, 0.25) is 5.52 Å². The van der Waals surface area contributed by atoms with Gasteiger partial charge >= 0.3 is 0 Å². The maximum absolute atomic E-state index is 6.08. The minimum Gasteiger partial charge on any atom is -0.497 e. The molecule has 4 nitrogen and oxygen atoms in total. The average molecular weight is 416 g/mol. The molecule has 1 aliphatic heterocycles. The van der Waals surface area contributed by atoms with Gasteiger partial charge in [-0.25, -0.2) is 0 Å². The summed E-state index contributed by atoms with van der Waals surface area (Å²) in [5, 5.41) is 1.18. The predicted octanol–water partition coefficient (Wildman–Crippen LogP) is 5.97. The summed E-state index contributed by atoms with van der Waals surface area (Å²) >= 11 is 0. The monoisotopic (exact) mass is 415 g/mol. The SMILES string of the molecule is CO/C(=C1/C=Cc2cc(OC)ccc2N1C(C)C)c1cc[n+](C(C)C)c2ccccc12. The van der Waals surface area contributed by atoms with Gasteiger partial charge in [0.15, 0.2) is 18.0 Å². The molecule has 0 bridgehead atoms. The topological polar surface area (TPSA) is 25.6 Å². The predicted molar refractivity (Wildman–Crippen MR) is 128 cm³/mol. The Kier molecular flexibility index (Phi) is 5.73. The van der Waals surface area contributed by atoms with E-state index in [1.165, 1.54) is 10.9 Å². The zero-order valence-electron chi connectivity index (χ0n) is 19.2. The fourth-order valence-electron chi connectivity index (χ4n) is 4.38. The largest absolute Gasteiger partial charge is 0.497 e. The van der Waals surface area contributed by atoms with Crippen LogP contribution in [0.5, 0.6) is 5.75 Å². The van der Waals surface area contributed by atoms with E-state index in [-0.39, 0.29) is 6.04 Å². The Morgan fingerprint density at radius 1 is 0.935 bits per heavy atom. The number of benzene rings is 2. The van der Waals surface area contributed by atoms with Crippen molar-refractivity contribution in [1.82, 2.24) is 0 Å². The van der Waals surface area contributed by atoms with Crippen molar-refractivity contribution < 1.29 is 14.0 Å². The number of rotatable bonds is 5. The second-order valence-corrected chi connectivity index (χ2v) is 8.39. The molecular formula is C27H31N2O2+. The lowest BCUT2D eigenvalue weighted by molar-refractivity contribution is -0.691. The van der Waals surface area contributed by atoms with Crippen molar-refractivity contribution in [2.24, 2.45) is 0 Å². The molecule has 0 aliphatic carbocycles. The molecule has 1 aliphatic rings. The Morgan fingerprint density at radius 2 is 1.71 bits per heavy atom. The van der Waals surface area contributed by atoms with E-state index in [1.54, 1.807) is 14.2 Å². The quantitative estimate of drug-likeness (QED) is 0.379. The second-order valence-electron chi connectivity index (χ2n) is 8.39. The minimum absolute atomic E-state index is 0.257. The van der Waals surface area contributed by atoms with E-state index in [9.17, 15) is 0 Å². The molecule has 3 aromatic rings. The van der Waals surface area contributed by atoms with Gasteiger partial charge in [-0.1, -0.05) is 18.2 Å². The van der Waals surface area contributed by atoms with E-state index in [0.29, 0.717) is 6.04 Å². The normalized spacial score (nSPS) is 14.9. The number of hydrogen-bond donors (Lipinski definition) is 0. The van der Waals surface area contributed by atoms with Crippen LogP contribution in [-0.2, 0) is 4.74 Å². The van der Waals surface area contributed by atoms with Crippen molar-refractivity contribution >= 4 is 28.4 Å². The van der Waals surface area contributed by atoms with Crippen LogP contribution < -0.4 is 14.2 Å². The van der Waals surface area contributed by atoms with Crippen LogP contribution in [0.2, 0.25) is 0 Å². The number of pyridine rings is 1. The van der Waals surface area contributed by atoms with Crippen LogP contribution in [-0.4, -0.2) is 20.3 Å². The number of nitrogens with zero attached hydrogens (tertiary/aromatic N) is 2. The van der Waals surface area contributed by atoms with Crippen molar-refractivity contribution in [3.63, 3.8) is 0 Å². The summed E-state index contributed by atoms with van der Waals surface area (Å²) in [6, 6.07) is 17.6. The summed E-state index contributed by atoms with van der Waals surface area (Å²) in [5.74, 6) is 1.73. The highest BCUT2D eigenvalue weighted by Gasteiger charge is 2.27. The van der Waals surface area contributed by atoms with Crippen molar-refractivity contribution in [2.45, 2.75) is 39.8 Å². The Labute approximate surface area is 185 Å². The van der Waals surface area contributed by atoms with Gasteiger partial charge in [0.05, 0.1) is 25.3 Å². The maximum Gasteiger partial charge on any atom is 0.213 e. The van der Waals surface area contributed by atoms with Gasteiger partial charge in [-0.2, -0.15) is 4.57 Å². The van der Waals surface area contributed by atoms with E-state index in [2.05, 4.69) is 98.0 Å². The molecule has 0 saturated heterocycles. The molecule has 160 valence electrons. The summed E-state index contributed by atoms with van der Waals surface area (Å²) in [7, 11) is 3.46. The Morgan fingerprint density at radius 3 is 2.39 bits per heavy atom. The molecule has 0 unspecified atom stereocenters. The third-order valence-corrected chi connectivity index (χ3v) is 5.80. The zero-order chi connectivity index (χ0) is 22.1. The lowest BCUT2D eigenvalue weighted by Crippen LogP contribution is -2.37. The maximum atomic E-state index is 6.08. The van der Waals surface area contributed by atoms with E-state index in [0.717, 1.165) is 34.0 Å². The lowest BCUT2D eigenvalue weighted by atomic mass is 9.99. The van der Waals surface area contributed by atoms with Gasteiger partial charge in [-0.05, 0) is 58.0 Å². The molecule has 0 atom stereocenters. The van der Waals surface area contributed by atoms with Gasteiger partial charge < -0.3 is 14.4 Å². The molecule has 0 amide bonds. The number of fused-ring (bicyclic) bond motifs is 2. The molecule has 2 aromatic carbocycles. The van der Waals surface area contributed by atoms with E-state index >= 15 is 0 Å². The van der Waals surface area contributed by atoms with Gasteiger partial charge in [-0.15, -0.1) is 0 Å². The molecule has 0 saturated carbocycles. The van der Waals surface area contributed by atoms with Crippen LogP contribution >= 0.6 is 0 Å². The van der Waals surface area contributed by atoms with E-state index < -0.39 is 0 Å². The smallest absolute Gasteiger partial charge is 0.213 e. The summed E-state index contributed by atoms with van der Waals surface area (Å²) in [6.45, 7) is 8.82. The van der Waals surface area contributed by atoms with Crippen molar-refractivity contribution in [3.8, 4) is 5.75 Å². The molecule has 1 aromatic heterocycles. The average Bonchev–Trinajstić information content (AvgIpc) is 2.78. The van der Waals surface area contributed by atoms with Gasteiger partial charge in [-0.3, -0.25) is 0 Å². The fourth-order valence-corrected chi connectivity index (χ4v) is 4.38. The molecule has 0 N–H and O–H groups in total. The zero-order valence-corrected chi connectivity index (χ0v) is 19.2. The van der Waals surface area contributed by atoms with E-state index in [1.807, 2.05) is 6.07 Å². The molecular weight excluding hydrogens is 384 g/mol. The highest BCUT2D eigenvalue weighted by Crippen LogP contribution is 2.39. The number of hydrogen-bond acceptors (Lipinski definition) is 3. The number of allylic oxidation sites excluding steroid dienone is 1. The Balaban J connectivity index is 1.96. The first kappa shape index (κ1) is 21.0. The molecule has 0 radical (unpaired) electrons. The van der Waals surface area contributed by atoms with Crippen molar-refractivity contribution in [3.05, 3.63) is 77.6 Å². The van der Waals surface area contributed by atoms with Crippen LogP contribution in [0.3, 0.4) is 0 Å². The van der Waals surface area contributed by atoms with Gasteiger partial charge in [0.25, 0.3) is 0 Å². The molecule has 0 fully saturated rings. The first-order valence-corrected chi connectivity index (χ1v) is 10.8.